The molecule has 0 N–H and O–H groups in total. The second kappa shape index (κ2) is 5.82. The van der Waals surface area contributed by atoms with Crippen LogP contribution in [0.4, 0.5) is 0 Å². The summed E-state index contributed by atoms with van der Waals surface area (Å²) in [5.74, 6) is 1.49. The van der Waals surface area contributed by atoms with Crippen molar-refractivity contribution in [3.8, 4) is 0 Å². The number of rotatable bonds is 4. The molecular weight excluding hydrogens is 284 g/mol. The lowest BCUT2D eigenvalue weighted by molar-refractivity contribution is 0.603. The Bertz CT molecular complexity index is 752. The van der Waals surface area contributed by atoms with E-state index in [9.17, 15) is 0 Å². The van der Waals surface area contributed by atoms with Gasteiger partial charge in [-0.15, -0.1) is 11.6 Å². The van der Waals surface area contributed by atoms with E-state index in [0.29, 0.717) is 12.3 Å². The maximum Gasteiger partial charge on any atom is 0.160 e. The molecule has 0 fully saturated rings. The zero-order chi connectivity index (χ0) is 14.8. The highest BCUT2D eigenvalue weighted by molar-refractivity contribution is 6.17. The Balaban J connectivity index is 2.18. The van der Waals surface area contributed by atoms with Crippen molar-refractivity contribution in [2.24, 2.45) is 0 Å². The van der Waals surface area contributed by atoms with Crippen molar-refractivity contribution in [3.05, 3.63) is 53.7 Å². The first kappa shape index (κ1) is 14.0. The molecule has 0 aromatic carbocycles. The van der Waals surface area contributed by atoms with Gasteiger partial charge in [-0.1, -0.05) is 6.07 Å². The van der Waals surface area contributed by atoms with E-state index in [4.69, 9.17) is 11.6 Å². The average molecular weight is 301 g/mol. The van der Waals surface area contributed by atoms with Gasteiger partial charge in [-0.2, -0.15) is 0 Å². The lowest BCUT2D eigenvalue weighted by Gasteiger charge is -2.16. The highest BCUT2D eigenvalue weighted by Crippen LogP contribution is 2.24. The normalized spacial score (nSPS) is 12.7. The first-order valence-corrected chi connectivity index (χ1v) is 7.55. The molecule has 4 nitrogen and oxygen atoms in total. The number of hydrogen-bond acceptors (Lipinski definition) is 3. The van der Waals surface area contributed by atoms with Crippen molar-refractivity contribution in [2.45, 2.75) is 26.3 Å². The van der Waals surface area contributed by atoms with Crippen LogP contribution in [0.1, 0.15) is 30.2 Å². The average Bonchev–Trinajstić information content (AvgIpc) is 2.85. The Labute approximate surface area is 128 Å². The van der Waals surface area contributed by atoms with Crippen molar-refractivity contribution in [2.75, 3.05) is 5.88 Å². The van der Waals surface area contributed by atoms with E-state index < -0.39 is 0 Å². The SMILES string of the molecule is Cc1ccc2nc(CCCl)n(C(C)c3ccccn3)c2n1. The summed E-state index contributed by atoms with van der Waals surface area (Å²) in [5.41, 5.74) is 3.78. The van der Waals surface area contributed by atoms with Crippen LogP contribution in [0, 0.1) is 6.92 Å². The minimum Gasteiger partial charge on any atom is -0.304 e. The zero-order valence-corrected chi connectivity index (χ0v) is 12.9. The summed E-state index contributed by atoms with van der Waals surface area (Å²) in [6.07, 6.45) is 2.53. The molecule has 3 aromatic rings. The molecule has 1 atom stereocenters. The third-order valence-corrected chi connectivity index (χ3v) is 3.76. The van der Waals surface area contributed by atoms with Gasteiger partial charge in [-0.05, 0) is 38.1 Å². The van der Waals surface area contributed by atoms with Crippen molar-refractivity contribution in [1.82, 2.24) is 19.5 Å². The van der Waals surface area contributed by atoms with Gasteiger partial charge in [0.05, 0.1) is 11.7 Å². The van der Waals surface area contributed by atoms with Crippen molar-refractivity contribution in [1.29, 1.82) is 0 Å². The number of fused-ring (bicyclic) bond motifs is 1. The van der Waals surface area contributed by atoms with Crippen molar-refractivity contribution >= 4 is 22.8 Å². The summed E-state index contributed by atoms with van der Waals surface area (Å²) in [6, 6.07) is 10.0. The highest BCUT2D eigenvalue weighted by Gasteiger charge is 2.18. The predicted molar refractivity (Wildman–Crippen MR) is 84.7 cm³/mol. The van der Waals surface area contributed by atoms with Gasteiger partial charge >= 0.3 is 0 Å². The van der Waals surface area contributed by atoms with Crippen LogP contribution >= 0.6 is 11.6 Å². The molecule has 0 aliphatic heterocycles. The number of alkyl halides is 1. The summed E-state index contributed by atoms with van der Waals surface area (Å²) < 4.78 is 2.15. The highest BCUT2D eigenvalue weighted by atomic mass is 35.5. The smallest absolute Gasteiger partial charge is 0.160 e. The number of aryl methyl sites for hydroxylation is 2. The van der Waals surface area contributed by atoms with E-state index in [1.54, 1.807) is 0 Å². The Morgan fingerprint density at radius 2 is 2.05 bits per heavy atom. The Hall–Kier alpha value is -1.94. The van der Waals surface area contributed by atoms with Crippen molar-refractivity contribution < 1.29 is 0 Å². The first-order chi connectivity index (χ1) is 10.2. The zero-order valence-electron chi connectivity index (χ0n) is 12.1. The number of aromatic nitrogens is 4. The molecule has 0 saturated carbocycles. The van der Waals surface area contributed by atoms with E-state index in [1.165, 1.54) is 0 Å². The molecule has 0 aliphatic rings. The standard InChI is InChI=1S/C16H17ClN4/c1-11-6-7-14-16(19-11)21(15(20-14)8-9-17)12(2)13-5-3-4-10-18-13/h3-7,10,12H,8-9H2,1-2H3. The Kier molecular flexibility index (Phi) is 3.88. The van der Waals surface area contributed by atoms with Crippen LogP contribution in [0.2, 0.25) is 0 Å². The third kappa shape index (κ3) is 2.63. The van der Waals surface area contributed by atoms with Crippen LogP contribution < -0.4 is 0 Å². The van der Waals surface area contributed by atoms with Crippen LogP contribution in [0.25, 0.3) is 11.2 Å². The van der Waals surface area contributed by atoms with Gasteiger partial charge in [0.1, 0.15) is 11.3 Å². The fraction of sp³-hybridized carbons (Fsp3) is 0.312. The summed E-state index contributed by atoms with van der Waals surface area (Å²) in [6.45, 7) is 4.11. The quantitative estimate of drug-likeness (QED) is 0.692. The number of halogens is 1. The molecule has 0 spiro atoms. The maximum absolute atomic E-state index is 5.93. The summed E-state index contributed by atoms with van der Waals surface area (Å²) >= 11 is 5.93. The van der Waals surface area contributed by atoms with Gasteiger partial charge in [0.2, 0.25) is 0 Å². The van der Waals surface area contributed by atoms with E-state index in [2.05, 4.69) is 26.4 Å². The van der Waals surface area contributed by atoms with Crippen molar-refractivity contribution in [3.63, 3.8) is 0 Å². The summed E-state index contributed by atoms with van der Waals surface area (Å²) in [7, 11) is 0. The summed E-state index contributed by atoms with van der Waals surface area (Å²) in [5, 5.41) is 0. The fourth-order valence-electron chi connectivity index (χ4n) is 2.54. The topological polar surface area (TPSA) is 43.6 Å². The number of pyridine rings is 2. The van der Waals surface area contributed by atoms with Crippen LogP contribution in [-0.4, -0.2) is 25.4 Å². The molecule has 0 saturated heterocycles. The molecule has 0 radical (unpaired) electrons. The second-order valence-corrected chi connectivity index (χ2v) is 5.44. The maximum atomic E-state index is 5.93. The van der Waals surface area contributed by atoms with E-state index >= 15 is 0 Å². The predicted octanol–water partition coefficient (Wildman–Crippen LogP) is 3.53. The molecule has 0 amide bonds. The molecule has 21 heavy (non-hydrogen) atoms. The third-order valence-electron chi connectivity index (χ3n) is 3.57. The first-order valence-electron chi connectivity index (χ1n) is 7.02. The molecule has 3 aromatic heterocycles. The summed E-state index contributed by atoms with van der Waals surface area (Å²) in [4.78, 5) is 13.8. The number of hydrogen-bond donors (Lipinski definition) is 0. The van der Waals surface area contributed by atoms with E-state index in [-0.39, 0.29) is 6.04 Å². The van der Waals surface area contributed by atoms with Crippen LogP contribution in [0.15, 0.2) is 36.5 Å². The van der Waals surface area contributed by atoms with Gasteiger partial charge in [-0.25, -0.2) is 9.97 Å². The lowest BCUT2D eigenvalue weighted by atomic mass is 10.2. The second-order valence-electron chi connectivity index (χ2n) is 5.06. The molecular formula is C16H17ClN4. The largest absolute Gasteiger partial charge is 0.304 e. The van der Waals surface area contributed by atoms with Crippen LogP contribution in [0.3, 0.4) is 0 Å². The van der Waals surface area contributed by atoms with E-state index in [0.717, 1.165) is 28.4 Å². The monoisotopic (exact) mass is 300 g/mol. The van der Waals surface area contributed by atoms with Gasteiger partial charge < -0.3 is 4.57 Å². The molecule has 1 unspecified atom stereocenters. The van der Waals surface area contributed by atoms with Gasteiger partial charge in [0.15, 0.2) is 5.65 Å². The van der Waals surface area contributed by atoms with Crippen LogP contribution in [-0.2, 0) is 6.42 Å². The number of nitrogens with zero attached hydrogens (tertiary/aromatic N) is 4. The molecule has 3 rings (SSSR count). The fourth-order valence-corrected chi connectivity index (χ4v) is 2.71. The molecule has 0 aliphatic carbocycles. The van der Waals surface area contributed by atoms with E-state index in [1.807, 2.05) is 43.5 Å². The minimum absolute atomic E-state index is 0.0729. The minimum atomic E-state index is 0.0729. The Morgan fingerprint density at radius 3 is 2.76 bits per heavy atom. The van der Waals surface area contributed by atoms with Gasteiger partial charge in [0.25, 0.3) is 0 Å². The van der Waals surface area contributed by atoms with Gasteiger partial charge in [0, 0.05) is 24.2 Å². The molecule has 0 bridgehead atoms. The van der Waals surface area contributed by atoms with Crippen LogP contribution in [0.5, 0.6) is 0 Å². The molecule has 108 valence electrons. The Morgan fingerprint density at radius 1 is 1.19 bits per heavy atom. The number of imidazole rings is 1. The molecule has 3 heterocycles. The van der Waals surface area contributed by atoms with Gasteiger partial charge in [-0.3, -0.25) is 4.98 Å². The molecule has 5 heteroatoms. The lowest BCUT2D eigenvalue weighted by Crippen LogP contribution is -2.13.